The Morgan fingerprint density at radius 2 is 1.84 bits per heavy atom. The van der Waals surface area contributed by atoms with Crippen LogP contribution in [-0.4, -0.2) is 29.6 Å². The number of carboxylic acid groups (broad SMARTS) is 1. The van der Waals surface area contributed by atoms with Crippen LogP contribution in [0.2, 0.25) is 0 Å². The largest absolute Gasteiger partial charge is 0.481 e. The number of carboxylic acids is 1. The Bertz CT molecular complexity index is 282. The van der Waals surface area contributed by atoms with Crippen LogP contribution in [0.5, 0.6) is 0 Å². The number of hydrogen-bond acceptors (Lipinski definition) is 3. The van der Waals surface area contributed by atoms with Gasteiger partial charge in [0.15, 0.2) is 0 Å². The highest BCUT2D eigenvalue weighted by Gasteiger charge is 2.19. The van der Waals surface area contributed by atoms with Crippen molar-refractivity contribution in [3.8, 4) is 0 Å². The Morgan fingerprint density at radius 3 is 2.32 bits per heavy atom. The van der Waals surface area contributed by atoms with Gasteiger partial charge in [0, 0.05) is 13.0 Å². The Hall–Kier alpha value is -1.10. The standard InChI is InChI=1S/C14H28N2O3/c1-4-10(3)13(15)14(19)16-9-8-11(5-2)6-7-12(17)18/h10-11,13H,4-9,15H2,1-3H3,(H,16,19)(H,17,18)/t10-,11?,13-/m0/s1. The molecular weight excluding hydrogens is 244 g/mol. The lowest BCUT2D eigenvalue weighted by atomic mass is 9.96. The van der Waals surface area contributed by atoms with E-state index in [9.17, 15) is 9.59 Å². The van der Waals surface area contributed by atoms with E-state index < -0.39 is 12.0 Å². The lowest BCUT2D eigenvalue weighted by Gasteiger charge is -2.19. The Balaban J connectivity index is 3.92. The summed E-state index contributed by atoms with van der Waals surface area (Å²) in [5, 5.41) is 11.5. The van der Waals surface area contributed by atoms with Crippen LogP contribution in [0.1, 0.15) is 52.9 Å². The Morgan fingerprint density at radius 1 is 1.21 bits per heavy atom. The lowest BCUT2D eigenvalue weighted by Crippen LogP contribution is -2.45. The second kappa shape index (κ2) is 9.78. The monoisotopic (exact) mass is 272 g/mol. The lowest BCUT2D eigenvalue weighted by molar-refractivity contribution is -0.137. The van der Waals surface area contributed by atoms with E-state index in [0.29, 0.717) is 18.9 Å². The highest BCUT2D eigenvalue weighted by Crippen LogP contribution is 2.14. The first-order valence-electron chi connectivity index (χ1n) is 7.17. The van der Waals surface area contributed by atoms with Crippen LogP contribution in [0, 0.1) is 11.8 Å². The van der Waals surface area contributed by atoms with Gasteiger partial charge in [0.05, 0.1) is 6.04 Å². The summed E-state index contributed by atoms with van der Waals surface area (Å²) in [6, 6.07) is -0.455. The maximum Gasteiger partial charge on any atom is 0.303 e. The van der Waals surface area contributed by atoms with E-state index in [4.69, 9.17) is 10.8 Å². The van der Waals surface area contributed by atoms with Gasteiger partial charge in [-0.2, -0.15) is 0 Å². The molecule has 0 aromatic heterocycles. The number of aliphatic carboxylic acids is 1. The molecular formula is C14H28N2O3. The molecule has 0 aliphatic carbocycles. The SMILES string of the molecule is CCC(CCNC(=O)[C@@H](N)[C@@H](C)CC)CCC(=O)O. The average Bonchev–Trinajstić information content (AvgIpc) is 2.40. The second-order valence-electron chi connectivity index (χ2n) is 5.20. The fraction of sp³-hybridized carbons (Fsp3) is 0.857. The summed E-state index contributed by atoms with van der Waals surface area (Å²) < 4.78 is 0. The first kappa shape index (κ1) is 17.9. The van der Waals surface area contributed by atoms with Crippen molar-refractivity contribution >= 4 is 11.9 Å². The Kier molecular flexibility index (Phi) is 9.21. The van der Waals surface area contributed by atoms with Gasteiger partial charge >= 0.3 is 5.97 Å². The molecule has 5 heteroatoms. The number of amides is 1. The molecule has 0 saturated heterocycles. The first-order valence-corrected chi connectivity index (χ1v) is 7.17. The molecule has 0 saturated carbocycles. The highest BCUT2D eigenvalue weighted by molar-refractivity contribution is 5.81. The fourth-order valence-corrected chi connectivity index (χ4v) is 1.91. The molecule has 3 atom stereocenters. The summed E-state index contributed by atoms with van der Waals surface area (Å²) in [6.45, 7) is 6.59. The predicted octanol–water partition coefficient (Wildman–Crippen LogP) is 1.76. The van der Waals surface area contributed by atoms with Crippen LogP contribution < -0.4 is 11.1 Å². The zero-order valence-corrected chi connectivity index (χ0v) is 12.3. The summed E-state index contributed by atoms with van der Waals surface area (Å²) >= 11 is 0. The van der Waals surface area contributed by atoms with E-state index >= 15 is 0 Å². The number of hydrogen-bond donors (Lipinski definition) is 3. The second-order valence-corrected chi connectivity index (χ2v) is 5.20. The maximum atomic E-state index is 11.7. The molecule has 0 aromatic rings. The molecule has 0 aliphatic heterocycles. The summed E-state index contributed by atoms with van der Waals surface area (Å²) in [7, 11) is 0. The number of nitrogens with two attached hydrogens (primary N) is 1. The molecule has 0 spiro atoms. The van der Waals surface area contributed by atoms with E-state index in [1.165, 1.54) is 0 Å². The van der Waals surface area contributed by atoms with Crippen molar-refractivity contribution in [1.29, 1.82) is 0 Å². The molecule has 0 aromatic carbocycles. The third-order valence-corrected chi connectivity index (χ3v) is 3.76. The van der Waals surface area contributed by atoms with Crippen molar-refractivity contribution in [3.63, 3.8) is 0 Å². The average molecular weight is 272 g/mol. The summed E-state index contributed by atoms with van der Waals surface area (Å²) in [5.74, 6) is -0.353. The fourth-order valence-electron chi connectivity index (χ4n) is 1.91. The third-order valence-electron chi connectivity index (χ3n) is 3.76. The van der Waals surface area contributed by atoms with Gasteiger partial charge in [0.2, 0.25) is 5.91 Å². The zero-order chi connectivity index (χ0) is 14.8. The van der Waals surface area contributed by atoms with Gasteiger partial charge in [-0.25, -0.2) is 0 Å². The normalized spacial score (nSPS) is 15.6. The van der Waals surface area contributed by atoms with Gasteiger partial charge in [0.1, 0.15) is 0 Å². The van der Waals surface area contributed by atoms with Crippen LogP contribution in [0.3, 0.4) is 0 Å². The van der Waals surface area contributed by atoms with Gasteiger partial charge in [-0.05, 0) is 24.7 Å². The molecule has 112 valence electrons. The maximum absolute atomic E-state index is 11.7. The first-order chi connectivity index (χ1) is 8.92. The molecule has 0 heterocycles. The minimum Gasteiger partial charge on any atom is -0.481 e. The molecule has 0 bridgehead atoms. The minimum atomic E-state index is -0.763. The van der Waals surface area contributed by atoms with Crippen molar-refractivity contribution in [2.75, 3.05) is 6.54 Å². The molecule has 5 nitrogen and oxygen atoms in total. The van der Waals surface area contributed by atoms with Crippen LogP contribution in [0.25, 0.3) is 0 Å². The zero-order valence-electron chi connectivity index (χ0n) is 12.3. The molecule has 0 aliphatic rings. The van der Waals surface area contributed by atoms with Crippen molar-refractivity contribution in [2.24, 2.45) is 17.6 Å². The van der Waals surface area contributed by atoms with E-state index in [1.807, 2.05) is 20.8 Å². The van der Waals surface area contributed by atoms with Crippen LogP contribution in [0.15, 0.2) is 0 Å². The number of nitrogens with one attached hydrogen (secondary N) is 1. The van der Waals surface area contributed by atoms with Crippen LogP contribution in [0.4, 0.5) is 0 Å². The quantitative estimate of drug-likeness (QED) is 0.565. The molecule has 0 fully saturated rings. The third kappa shape index (κ3) is 7.82. The van der Waals surface area contributed by atoms with Crippen molar-refractivity contribution in [3.05, 3.63) is 0 Å². The van der Waals surface area contributed by atoms with Gasteiger partial charge in [-0.1, -0.05) is 33.6 Å². The predicted molar refractivity (Wildman–Crippen MR) is 75.7 cm³/mol. The molecule has 0 rings (SSSR count). The van der Waals surface area contributed by atoms with E-state index in [-0.39, 0.29) is 18.2 Å². The number of rotatable bonds is 10. The van der Waals surface area contributed by atoms with Crippen molar-refractivity contribution < 1.29 is 14.7 Å². The van der Waals surface area contributed by atoms with Crippen molar-refractivity contribution in [2.45, 2.75) is 58.9 Å². The summed E-state index contributed by atoms with van der Waals surface area (Å²) in [4.78, 5) is 22.3. The van der Waals surface area contributed by atoms with Gasteiger partial charge in [0.25, 0.3) is 0 Å². The molecule has 1 amide bonds. The highest BCUT2D eigenvalue weighted by atomic mass is 16.4. The smallest absolute Gasteiger partial charge is 0.303 e. The van der Waals surface area contributed by atoms with Crippen LogP contribution >= 0.6 is 0 Å². The number of carbonyl (C=O) groups is 2. The summed E-state index contributed by atoms with van der Waals surface area (Å²) in [6.07, 6.45) is 3.48. The number of carbonyl (C=O) groups excluding carboxylic acids is 1. The van der Waals surface area contributed by atoms with E-state index in [0.717, 1.165) is 19.3 Å². The topological polar surface area (TPSA) is 92.4 Å². The van der Waals surface area contributed by atoms with Crippen LogP contribution in [-0.2, 0) is 9.59 Å². The van der Waals surface area contributed by atoms with Gasteiger partial charge in [-0.15, -0.1) is 0 Å². The van der Waals surface area contributed by atoms with E-state index in [1.54, 1.807) is 0 Å². The Labute approximate surface area is 115 Å². The summed E-state index contributed by atoms with van der Waals surface area (Å²) in [5.41, 5.74) is 5.83. The molecule has 4 N–H and O–H groups in total. The van der Waals surface area contributed by atoms with Gasteiger partial charge < -0.3 is 16.2 Å². The van der Waals surface area contributed by atoms with Gasteiger partial charge in [-0.3, -0.25) is 9.59 Å². The molecule has 0 radical (unpaired) electrons. The minimum absolute atomic E-state index is 0.109. The van der Waals surface area contributed by atoms with Crippen molar-refractivity contribution in [1.82, 2.24) is 5.32 Å². The van der Waals surface area contributed by atoms with E-state index in [2.05, 4.69) is 5.32 Å². The molecule has 19 heavy (non-hydrogen) atoms. The molecule has 1 unspecified atom stereocenters.